The lowest BCUT2D eigenvalue weighted by Gasteiger charge is -2.22. The fourth-order valence-electron chi connectivity index (χ4n) is 3.06. The van der Waals surface area contributed by atoms with Crippen LogP contribution in [0.5, 0.6) is 0 Å². The van der Waals surface area contributed by atoms with E-state index >= 15 is 0 Å². The zero-order valence-electron chi connectivity index (χ0n) is 14.7. The number of benzene rings is 1. The molecule has 0 atom stereocenters. The third-order valence-electron chi connectivity index (χ3n) is 4.27. The number of nitrogens with zero attached hydrogens (tertiary/aromatic N) is 2. The largest absolute Gasteiger partial charge is 0.467 e. The Morgan fingerprint density at radius 2 is 2.07 bits per heavy atom. The Bertz CT molecular complexity index is 1030. The number of carbonyl (C=O) groups is 1. The third kappa shape index (κ3) is 3.75. The highest BCUT2D eigenvalue weighted by molar-refractivity contribution is 7.09. The molecule has 3 heterocycles. The van der Waals surface area contributed by atoms with E-state index < -0.39 is 0 Å². The van der Waals surface area contributed by atoms with E-state index in [-0.39, 0.29) is 11.7 Å². The summed E-state index contributed by atoms with van der Waals surface area (Å²) in [6.07, 6.45) is 1.60. The minimum absolute atomic E-state index is 0.137. The summed E-state index contributed by atoms with van der Waals surface area (Å²) in [5.74, 6) is 0.202. The second-order valence-electron chi connectivity index (χ2n) is 6.29. The van der Waals surface area contributed by atoms with Crippen molar-refractivity contribution in [3.63, 3.8) is 0 Å². The maximum Gasteiger partial charge on any atom is 0.255 e. The maximum atomic E-state index is 13.6. The molecule has 0 N–H and O–H groups in total. The smallest absolute Gasteiger partial charge is 0.255 e. The van der Waals surface area contributed by atoms with Crippen LogP contribution in [0.15, 0.2) is 64.6 Å². The van der Waals surface area contributed by atoms with Crippen molar-refractivity contribution in [3.05, 3.63) is 87.9 Å². The molecular weight excluding hydrogens is 363 g/mol. The summed E-state index contributed by atoms with van der Waals surface area (Å²) in [6, 6.07) is 13.7. The van der Waals surface area contributed by atoms with Gasteiger partial charge < -0.3 is 9.32 Å². The average Bonchev–Trinajstić information content (AvgIpc) is 3.33. The molecule has 3 aromatic heterocycles. The van der Waals surface area contributed by atoms with Crippen molar-refractivity contribution < 1.29 is 13.6 Å². The van der Waals surface area contributed by atoms with Gasteiger partial charge in [-0.2, -0.15) is 0 Å². The number of hydrogen-bond donors (Lipinski definition) is 0. The van der Waals surface area contributed by atoms with Crippen LogP contribution in [0.3, 0.4) is 0 Å². The number of rotatable bonds is 5. The Morgan fingerprint density at radius 1 is 1.19 bits per heavy atom. The molecule has 1 aromatic carbocycles. The van der Waals surface area contributed by atoms with E-state index in [9.17, 15) is 9.18 Å². The first-order chi connectivity index (χ1) is 13.1. The van der Waals surface area contributed by atoms with E-state index in [2.05, 4.69) is 4.98 Å². The van der Waals surface area contributed by atoms with Crippen LogP contribution >= 0.6 is 11.3 Å². The Labute approximate surface area is 159 Å². The molecule has 0 bridgehead atoms. The van der Waals surface area contributed by atoms with Gasteiger partial charge in [0.2, 0.25) is 0 Å². The fourth-order valence-corrected chi connectivity index (χ4v) is 3.78. The van der Waals surface area contributed by atoms with Gasteiger partial charge in [-0.15, -0.1) is 11.3 Å². The second kappa shape index (κ2) is 7.32. The summed E-state index contributed by atoms with van der Waals surface area (Å²) in [7, 11) is 0. The molecule has 4 rings (SSSR count). The summed E-state index contributed by atoms with van der Waals surface area (Å²) < 4.78 is 19.1. The molecule has 1 amide bonds. The lowest BCUT2D eigenvalue weighted by atomic mass is 10.1. The Balaban J connectivity index is 1.75. The van der Waals surface area contributed by atoms with E-state index in [4.69, 9.17) is 4.42 Å². The molecular formula is C21H17FN2O2S. The monoisotopic (exact) mass is 380 g/mol. The highest BCUT2D eigenvalue weighted by Crippen LogP contribution is 2.24. The zero-order chi connectivity index (χ0) is 18.8. The molecule has 0 radical (unpaired) electrons. The van der Waals surface area contributed by atoms with Crippen molar-refractivity contribution in [2.45, 2.75) is 20.0 Å². The number of aryl methyl sites for hydroxylation is 1. The predicted octanol–water partition coefficient (Wildman–Crippen LogP) is 5.18. The minimum Gasteiger partial charge on any atom is -0.467 e. The number of furan rings is 1. The summed E-state index contributed by atoms with van der Waals surface area (Å²) in [5, 5.41) is 2.63. The summed E-state index contributed by atoms with van der Waals surface area (Å²) in [5.41, 5.74) is 1.67. The van der Waals surface area contributed by atoms with Crippen molar-refractivity contribution in [2.75, 3.05) is 0 Å². The quantitative estimate of drug-likeness (QED) is 0.479. The van der Waals surface area contributed by atoms with Crippen LogP contribution in [-0.4, -0.2) is 15.8 Å². The van der Waals surface area contributed by atoms with Crippen LogP contribution in [0.25, 0.3) is 10.9 Å². The number of aromatic nitrogens is 1. The number of halogens is 1. The minimum atomic E-state index is -0.370. The second-order valence-corrected chi connectivity index (χ2v) is 7.32. The fraction of sp³-hybridized carbons (Fsp3) is 0.143. The van der Waals surface area contributed by atoms with Crippen LogP contribution in [0.1, 0.15) is 26.7 Å². The highest BCUT2D eigenvalue weighted by Gasteiger charge is 2.21. The molecule has 136 valence electrons. The Morgan fingerprint density at radius 3 is 2.81 bits per heavy atom. The first kappa shape index (κ1) is 17.4. The van der Waals surface area contributed by atoms with Crippen molar-refractivity contribution in [1.29, 1.82) is 0 Å². The summed E-state index contributed by atoms with van der Waals surface area (Å²) in [6.45, 7) is 2.63. The van der Waals surface area contributed by atoms with Crippen LogP contribution < -0.4 is 0 Å². The molecule has 0 aliphatic rings. The molecule has 0 saturated heterocycles. The van der Waals surface area contributed by atoms with E-state index in [1.165, 1.54) is 12.1 Å². The van der Waals surface area contributed by atoms with Crippen molar-refractivity contribution in [3.8, 4) is 0 Å². The van der Waals surface area contributed by atoms with Crippen molar-refractivity contribution in [2.24, 2.45) is 0 Å². The molecule has 4 nitrogen and oxygen atoms in total. The van der Waals surface area contributed by atoms with Crippen LogP contribution in [0, 0.1) is 12.7 Å². The first-order valence-electron chi connectivity index (χ1n) is 8.51. The van der Waals surface area contributed by atoms with Gasteiger partial charge in [-0.1, -0.05) is 6.07 Å². The van der Waals surface area contributed by atoms with Gasteiger partial charge in [0, 0.05) is 22.0 Å². The number of hydrogen-bond acceptors (Lipinski definition) is 4. The van der Waals surface area contributed by atoms with Crippen LogP contribution in [0.4, 0.5) is 4.39 Å². The van der Waals surface area contributed by atoms with Gasteiger partial charge in [0.25, 0.3) is 5.91 Å². The zero-order valence-corrected chi connectivity index (χ0v) is 15.5. The lowest BCUT2D eigenvalue weighted by molar-refractivity contribution is 0.0721. The van der Waals surface area contributed by atoms with Gasteiger partial charge in [-0.05, 0) is 48.7 Å². The normalized spacial score (nSPS) is 11.0. The van der Waals surface area contributed by atoms with Crippen molar-refractivity contribution in [1.82, 2.24) is 9.88 Å². The molecule has 4 aromatic rings. The van der Waals surface area contributed by atoms with E-state index in [0.717, 1.165) is 4.88 Å². The van der Waals surface area contributed by atoms with Gasteiger partial charge in [-0.3, -0.25) is 9.78 Å². The summed E-state index contributed by atoms with van der Waals surface area (Å²) >= 11 is 1.60. The van der Waals surface area contributed by atoms with Gasteiger partial charge in [0.15, 0.2) is 0 Å². The maximum absolute atomic E-state index is 13.6. The molecule has 0 saturated carbocycles. The molecule has 27 heavy (non-hydrogen) atoms. The molecule has 6 heteroatoms. The van der Waals surface area contributed by atoms with Gasteiger partial charge in [0.1, 0.15) is 11.6 Å². The van der Waals surface area contributed by atoms with Crippen LogP contribution in [-0.2, 0) is 13.1 Å². The van der Waals surface area contributed by atoms with Gasteiger partial charge in [-0.25, -0.2) is 4.39 Å². The highest BCUT2D eigenvalue weighted by atomic mass is 32.1. The van der Waals surface area contributed by atoms with Crippen LogP contribution in [0.2, 0.25) is 0 Å². The first-order valence-corrected chi connectivity index (χ1v) is 9.39. The molecule has 0 spiro atoms. The molecule has 0 aliphatic heterocycles. The van der Waals surface area contributed by atoms with Gasteiger partial charge in [0.05, 0.1) is 30.4 Å². The Hall–Kier alpha value is -2.99. The molecule has 0 fully saturated rings. The van der Waals surface area contributed by atoms with Crippen molar-refractivity contribution >= 4 is 28.1 Å². The number of fused-ring (bicyclic) bond motifs is 1. The van der Waals surface area contributed by atoms with E-state index in [1.807, 2.05) is 23.6 Å². The SMILES string of the molecule is Cc1cc(C(=O)N(Cc2ccco2)Cc2cccs2)c2ccc(F)cc2n1. The van der Waals surface area contributed by atoms with E-state index in [0.29, 0.717) is 41.0 Å². The van der Waals surface area contributed by atoms with Gasteiger partial charge >= 0.3 is 0 Å². The average molecular weight is 380 g/mol. The number of amides is 1. The lowest BCUT2D eigenvalue weighted by Crippen LogP contribution is -2.30. The van der Waals surface area contributed by atoms with E-state index in [1.54, 1.807) is 47.6 Å². The standard InChI is InChI=1S/C21H17FN2O2S/c1-14-10-19(18-7-6-15(22)11-20(18)23-14)21(25)24(12-16-4-2-8-26-16)13-17-5-3-9-27-17/h2-11H,12-13H2,1H3. The Kier molecular flexibility index (Phi) is 4.73. The summed E-state index contributed by atoms with van der Waals surface area (Å²) in [4.78, 5) is 20.6. The molecule has 0 unspecified atom stereocenters. The molecule has 0 aliphatic carbocycles. The number of carbonyl (C=O) groups excluding carboxylic acids is 1. The number of pyridine rings is 1. The third-order valence-corrected chi connectivity index (χ3v) is 5.13. The number of thiophene rings is 1. The topological polar surface area (TPSA) is 46.3 Å². The predicted molar refractivity (Wildman–Crippen MR) is 103 cm³/mol.